The van der Waals surface area contributed by atoms with Crippen LogP contribution in [0, 0.1) is 0 Å². The number of hydrogen-bond donors (Lipinski definition) is 1. The molecule has 0 aliphatic rings. The van der Waals surface area contributed by atoms with E-state index in [1.54, 1.807) is 0 Å². The van der Waals surface area contributed by atoms with Crippen LogP contribution in [0.2, 0.25) is 0 Å². The van der Waals surface area contributed by atoms with Crippen LogP contribution >= 0.6 is 0 Å². The summed E-state index contributed by atoms with van der Waals surface area (Å²) in [4.78, 5) is 12.2. The molecule has 0 radical (unpaired) electrons. The normalized spacial score (nSPS) is 13.1. The van der Waals surface area contributed by atoms with Crippen molar-refractivity contribution < 1.29 is 31.1 Å². The molecular formula is C17H16F3NO4S. The molecule has 0 aromatic heterocycles. The van der Waals surface area contributed by atoms with Gasteiger partial charge in [-0.25, -0.2) is 8.42 Å². The van der Waals surface area contributed by atoms with E-state index in [1.807, 2.05) is 0 Å². The van der Waals surface area contributed by atoms with Gasteiger partial charge in [-0.1, -0.05) is 12.1 Å². The number of carbonyl (C=O) groups excluding carboxylic acids is 1. The molecule has 2 aromatic carbocycles. The highest BCUT2D eigenvalue weighted by atomic mass is 32.2. The molecule has 2 aromatic rings. The van der Waals surface area contributed by atoms with Gasteiger partial charge in [0.05, 0.1) is 10.5 Å². The SMILES string of the molecule is CC(Oc1ccccc1C(F)(F)F)C(=O)Nc1ccc(S(C)(=O)=O)cc1. The Morgan fingerprint density at radius 2 is 1.65 bits per heavy atom. The molecule has 140 valence electrons. The van der Waals surface area contributed by atoms with Crippen molar-refractivity contribution in [3.63, 3.8) is 0 Å². The number of amides is 1. The second kappa shape index (κ2) is 7.36. The van der Waals surface area contributed by atoms with E-state index in [0.29, 0.717) is 5.69 Å². The Hall–Kier alpha value is -2.55. The van der Waals surface area contributed by atoms with Gasteiger partial charge in [0, 0.05) is 11.9 Å². The smallest absolute Gasteiger partial charge is 0.419 e. The molecule has 1 amide bonds. The van der Waals surface area contributed by atoms with Gasteiger partial charge in [0.15, 0.2) is 15.9 Å². The van der Waals surface area contributed by atoms with E-state index in [1.165, 1.54) is 43.3 Å². The average molecular weight is 387 g/mol. The Balaban J connectivity index is 2.09. The van der Waals surface area contributed by atoms with E-state index in [2.05, 4.69) is 5.32 Å². The molecule has 0 saturated carbocycles. The molecule has 1 atom stereocenters. The molecule has 0 aliphatic carbocycles. The van der Waals surface area contributed by atoms with Crippen molar-refractivity contribution in [1.29, 1.82) is 0 Å². The molecule has 0 aliphatic heterocycles. The summed E-state index contributed by atoms with van der Waals surface area (Å²) in [7, 11) is -3.37. The maximum absolute atomic E-state index is 13.0. The van der Waals surface area contributed by atoms with Gasteiger partial charge in [-0.15, -0.1) is 0 Å². The summed E-state index contributed by atoms with van der Waals surface area (Å²) in [6, 6.07) is 9.99. The number of rotatable bonds is 5. The van der Waals surface area contributed by atoms with E-state index in [0.717, 1.165) is 18.4 Å². The fraction of sp³-hybridized carbons (Fsp3) is 0.235. The number of carbonyl (C=O) groups is 1. The first kappa shape index (κ1) is 19.8. The minimum atomic E-state index is -4.60. The average Bonchev–Trinajstić information content (AvgIpc) is 2.54. The van der Waals surface area contributed by atoms with Gasteiger partial charge in [-0.2, -0.15) is 13.2 Å². The van der Waals surface area contributed by atoms with Gasteiger partial charge in [0.1, 0.15) is 5.75 Å². The molecular weight excluding hydrogens is 371 g/mol. The molecule has 1 unspecified atom stereocenters. The molecule has 1 N–H and O–H groups in total. The summed E-state index contributed by atoms with van der Waals surface area (Å²) in [5.74, 6) is -1.12. The standard InChI is InChI=1S/C17H16F3NO4S/c1-11(25-15-6-4-3-5-14(15)17(18,19)20)16(22)21-12-7-9-13(10-8-12)26(2,23)24/h3-11H,1-2H3,(H,21,22). The number of ether oxygens (including phenoxy) is 1. The van der Waals surface area contributed by atoms with Gasteiger partial charge in [-0.05, 0) is 43.3 Å². The predicted molar refractivity (Wildman–Crippen MR) is 89.7 cm³/mol. The summed E-state index contributed by atoms with van der Waals surface area (Å²) in [5, 5.41) is 2.46. The minimum Gasteiger partial charge on any atom is -0.480 e. The number of sulfone groups is 1. The fourth-order valence-corrected chi connectivity index (χ4v) is 2.71. The molecule has 2 rings (SSSR count). The lowest BCUT2D eigenvalue weighted by Crippen LogP contribution is -2.30. The lowest BCUT2D eigenvalue weighted by Gasteiger charge is -2.18. The van der Waals surface area contributed by atoms with Gasteiger partial charge in [-0.3, -0.25) is 4.79 Å². The molecule has 9 heteroatoms. The van der Waals surface area contributed by atoms with Crippen molar-refractivity contribution in [2.45, 2.75) is 24.1 Å². The Bertz CT molecular complexity index is 893. The Kier molecular flexibility index (Phi) is 5.60. The van der Waals surface area contributed by atoms with Crippen molar-refractivity contribution >= 4 is 21.4 Å². The monoisotopic (exact) mass is 387 g/mol. The fourth-order valence-electron chi connectivity index (χ4n) is 2.08. The lowest BCUT2D eigenvalue weighted by atomic mass is 10.2. The van der Waals surface area contributed by atoms with Crippen LogP contribution in [0.25, 0.3) is 0 Å². The van der Waals surface area contributed by atoms with Crippen LogP contribution in [-0.2, 0) is 20.8 Å². The van der Waals surface area contributed by atoms with Crippen LogP contribution in [0.5, 0.6) is 5.75 Å². The zero-order valence-corrected chi connectivity index (χ0v) is 14.7. The molecule has 0 bridgehead atoms. The molecule has 0 spiro atoms. The van der Waals surface area contributed by atoms with Crippen LogP contribution < -0.4 is 10.1 Å². The first-order valence-corrected chi connectivity index (χ1v) is 9.31. The van der Waals surface area contributed by atoms with Crippen molar-refractivity contribution in [3.8, 4) is 5.75 Å². The quantitative estimate of drug-likeness (QED) is 0.852. The van der Waals surface area contributed by atoms with Gasteiger partial charge < -0.3 is 10.1 Å². The first-order valence-electron chi connectivity index (χ1n) is 7.42. The third-order valence-electron chi connectivity index (χ3n) is 3.42. The zero-order chi connectivity index (χ0) is 19.5. The topological polar surface area (TPSA) is 72.5 Å². The summed E-state index contributed by atoms with van der Waals surface area (Å²) >= 11 is 0. The highest BCUT2D eigenvalue weighted by Crippen LogP contribution is 2.36. The third-order valence-corrected chi connectivity index (χ3v) is 4.54. The highest BCUT2D eigenvalue weighted by molar-refractivity contribution is 7.90. The number of hydrogen-bond acceptors (Lipinski definition) is 4. The van der Waals surface area contributed by atoms with E-state index in [4.69, 9.17) is 4.74 Å². The van der Waals surface area contributed by atoms with E-state index in [-0.39, 0.29) is 4.90 Å². The maximum Gasteiger partial charge on any atom is 0.419 e. The minimum absolute atomic E-state index is 0.0823. The first-order chi connectivity index (χ1) is 12.0. The van der Waals surface area contributed by atoms with Gasteiger partial charge >= 0.3 is 6.18 Å². The van der Waals surface area contributed by atoms with Crippen LogP contribution in [0.15, 0.2) is 53.4 Å². The number of para-hydroxylation sites is 1. The van der Waals surface area contributed by atoms with Crippen LogP contribution in [0.1, 0.15) is 12.5 Å². The summed E-state index contributed by atoms with van der Waals surface area (Å²) in [5.41, 5.74) is -0.681. The van der Waals surface area contributed by atoms with Crippen LogP contribution in [-0.4, -0.2) is 26.7 Å². The van der Waals surface area contributed by atoms with Crippen molar-refractivity contribution in [3.05, 3.63) is 54.1 Å². The van der Waals surface area contributed by atoms with Crippen molar-refractivity contribution in [1.82, 2.24) is 0 Å². The maximum atomic E-state index is 13.0. The highest BCUT2D eigenvalue weighted by Gasteiger charge is 2.34. The lowest BCUT2D eigenvalue weighted by molar-refractivity contribution is -0.140. The number of benzene rings is 2. The van der Waals surface area contributed by atoms with Gasteiger partial charge in [0.2, 0.25) is 0 Å². The second-order valence-electron chi connectivity index (χ2n) is 5.54. The second-order valence-corrected chi connectivity index (χ2v) is 7.56. The molecule has 0 heterocycles. The van der Waals surface area contributed by atoms with Crippen molar-refractivity contribution in [2.24, 2.45) is 0 Å². The number of halogens is 3. The third kappa shape index (κ3) is 4.98. The van der Waals surface area contributed by atoms with E-state index < -0.39 is 39.3 Å². The van der Waals surface area contributed by atoms with E-state index >= 15 is 0 Å². The zero-order valence-electron chi connectivity index (χ0n) is 13.9. The molecule has 5 nitrogen and oxygen atoms in total. The Labute approximate surface area is 148 Å². The predicted octanol–water partition coefficient (Wildman–Crippen LogP) is 3.51. The van der Waals surface area contributed by atoms with Crippen molar-refractivity contribution in [2.75, 3.05) is 11.6 Å². The van der Waals surface area contributed by atoms with Gasteiger partial charge in [0.25, 0.3) is 5.91 Å². The van der Waals surface area contributed by atoms with E-state index in [9.17, 15) is 26.4 Å². The van der Waals surface area contributed by atoms with Crippen LogP contribution in [0.4, 0.5) is 18.9 Å². The number of anilines is 1. The summed E-state index contributed by atoms with van der Waals surface area (Å²) in [6.45, 7) is 1.31. The molecule has 0 saturated heterocycles. The number of nitrogens with one attached hydrogen (secondary N) is 1. The Morgan fingerprint density at radius 3 is 2.19 bits per heavy atom. The molecule has 26 heavy (non-hydrogen) atoms. The Morgan fingerprint density at radius 1 is 1.08 bits per heavy atom. The molecule has 0 fully saturated rings. The largest absolute Gasteiger partial charge is 0.480 e. The number of alkyl halides is 3. The van der Waals surface area contributed by atoms with Crippen LogP contribution in [0.3, 0.4) is 0 Å². The summed E-state index contributed by atoms with van der Waals surface area (Å²) < 4.78 is 66.8. The summed E-state index contributed by atoms with van der Waals surface area (Å²) in [6.07, 6.45) is -4.75.